The van der Waals surface area contributed by atoms with Gasteiger partial charge in [0.05, 0.1) is 16.1 Å². The largest absolute Gasteiger partial charge is 0.349 e. The molecule has 0 bridgehead atoms. The molecule has 0 spiro atoms. The van der Waals surface area contributed by atoms with E-state index in [4.69, 9.17) is 0 Å². The summed E-state index contributed by atoms with van der Waals surface area (Å²) in [5.74, 6) is -0.331. The molecule has 1 aliphatic heterocycles. The summed E-state index contributed by atoms with van der Waals surface area (Å²) in [5, 5.41) is 3.00. The van der Waals surface area contributed by atoms with E-state index in [0.717, 1.165) is 11.1 Å². The summed E-state index contributed by atoms with van der Waals surface area (Å²) in [6.45, 7) is 4.80. The van der Waals surface area contributed by atoms with Crippen LogP contribution in [-0.4, -0.2) is 49.2 Å². The van der Waals surface area contributed by atoms with Crippen LogP contribution in [0.25, 0.3) is 0 Å². The lowest BCUT2D eigenvalue weighted by Gasteiger charge is -2.32. The van der Waals surface area contributed by atoms with Crippen molar-refractivity contribution < 1.29 is 18.0 Å². The molecule has 35 heavy (non-hydrogen) atoms. The molecule has 182 valence electrons. The van der Waals surface area contributed by atoms with Crippen LogP contribution in [0.3, 0.4) is 0 Å². The molecule has 2 heterocycles. The van der Waals surface area contributed by atoms with Crippen LogP contribution in [0.1, 0.15) is 44.7 Å². The first-order chi connectivity index (χ1) is 16.7. The van der Waals surface area contributed by atoms with Crippen molar-refractivity contribution in [2.24, 2.45) is 0 Å². The number of sulfonamides is 1. The van der Waals surface area contributed by atoms with E-state index in [1.54, 1.807) is 35.4 Å². The molecule has 1 fully saturated rings. The van der Waals surface area contributed by atoms with Gasteiger partial charge >= 0.3 is 0 Å². The second kappa shape index (κ2) is 10.3. The summed E-state index contributed by atoms with van der Waals surface area (Å²) in [4.78, 5) is 31.1. The normalized spacial score (nSPS) is 14.4. The van der Waals surface area contributed by atoms with Gasteiger partial charge in [0.2, 0.25) is 0 Å². The maximum atomic E-state index is 12.9. The highest BCUT2D eigenvalue weighted by Crippen LogP contribution is 2.23. The number of nitrogens with one attached hydrogen (secondary N) is 2. The number of likely N-dealkylation sites (tertiary alicyclic amines) is 1. The van der Waals surface area contributed by atoms with Gasteiger partial charge < -0.3 is 10.2 Å². The fraction of sp³-hybridized carbons (Fsp3) is 0.269. The third-order valence-corrected chi connectivity index (χ3v) is 7.68. The number of hydrogen-bond donors (Lipinski definition) is 2. The summed E-state index contributed by atoms with van der Waals surface area (Å²) in [6, 6.07) is 14.8. The Morgan fingerprint density at radius 3 is 2.31 bits per heavy atom. The van der Waals surface area contributed by atoms with Gasteiger partial charge in [-0.05, 0) is 80.3 Å². The summed E-state index contributed by atoms with van der Waals surface area (Å²) < 4.78 is 28.3. The van der Waals surface area contributed by atoms with E-state index >= 15 is 0 Å². The highest BCUT2D eigenvalue weighted by atomic mass is 32.2. The average molecular weight is 493 g/mol. The summed E-state index contributed by atoms with van der Waals surface area (Å²) in [6.07, 6.45) is 4.42. The minimum atomic E-state index is -3.78. The molecular formula is C26H28N4O4S. The number of aryl methyl sites for hydroxylation is 1. The Labute approximate surface area is 205 Å². The van der Waals surface area contributed by atoms with Crippen molar-refractivity contribution in [3.63, 3.8) is 0 Å². The Bertz CT molecular complexity index is 1320. The fourth-order valence-electron chi connectivity index (χ4n) is 4.02. The molecular weight excluding hydrogens is 464 g/mol. The standard InChI is InChI=1S/C26H28N4O4S/c1-18-5-3-7-24(19(18)2)29-35(33,34)23-10-8-20(9-11-23)26(32)30-15-12-22(13-16-30)28-25(31)21-6-4-14-27-17-21/h3-11,14,17,22,29H,12-13,15-16H2,1-2H3,(H,28,31). The number of rotatable bonds is 6. The number of pyridine rings is 1. The van der Waals surface area contributed by atoms with Crippen LogP contribution >= 0.6 is 0 Å². The highest BCUT2D eigenvalue weighted by Gasteiger charge is 2.25. The van der Waals surface area contributed by atoms with E-state index in [9.17, 15) is 18.0 Å². The van der Waals surface area contributed by atoms with Gasteiger partial charge in [-0.1, -0.05) is 12.1 Å². The first-order valence-corrected chi connectivity index (χ1v) is 12.9. The van der Waals surface area contributed by atoms with Crippen molar-refractivity contribution in [1.82, 2.24) is 15.2 Å². The van der Waals surface area contributed by atoms with Gasteiger partial charge in [-0.25, -0.2) is 8.42 Å². The summed E-state index contributed by atoms with van der Waals surface area (Å²) >= 11 is 0. The van der Waals surface area contributed by atoms with E-state index in [2.05, 4.69) is 15.0 Å². The number of amides is 2. The van der Waals surface area contributed by atoms with Gasteiger partial charge in [0, 0.05) is 37.1 Å². The molecule has 1 saturated heterocycles. The van der Waals surface area contributed by atoms with E-state index < -0.39 is 10.0 Å². The number of anilines is 1. The number of carbonyl (C=O) groups is 2. The van der Waals surface area contributed by atoms with Gasteiger partial charge in [0.15, 0.2) is 0 Å². The Hall–Kier alpha value is -3.72. The Balaban J connectivity index is 1.35. The van der Waals surface area contributed by atoms with Crippen LogP contribution in [0.5, 0.6) is 0 Å². The van der Waals surface area contributed by atoms with Crippen LogP contribution in [0.4, 0.5) is 5.69 Å². The topological polar surface area (TPSA) is 108 Å². The lowest BCUT2D eigenvalue weighted by atomic mass is 10.0. The minimum Gasteiger partial charge on any atom is -0.349 e. The van der Waals surface area contributed by atoms with Crippen LogP contribution in [0.15, 0.2) is 71.9 Å². The van der Waals surface area contributed by atoms with Gasteiger partial charge in [-0.15, -0.1) is 0 Å². The zero-order valence-electron chi connectivity index (χ0n) is 19.7. The molecule has 2 amide bonds. The molecule has 2 N–H and O–H groups in total. The van der Waals surface area contributed by atoms with Crippen LogP contribution in [0.2, 0.25) is 0 Å². The van der Waals surface area contributed by atoms with Gasteiger partial charge in [0.1, 0.15) is 0 Å². The Kier molecular flexibility index (Phi) is 7.16. The molecule has 0 saturated carbocycles. The average Bonchev–Trinajstić information content (AvgIpc) is 2.87. The lowest BCUT2D eigenvalue weighted by molar-refractivity contribution is 0.0698. The first-order valence-electron chi connectivity index (χ1n) is 11.4. The highest BCUT2D eigenvalue weighted by molar-refractivity contribution is 7.92. The molecule has 1 aliphatic rings. The number of carbonyl (C=O) groups excluding carboxylic acids is 2. The number of benzene rings is 2. The fourth-order valence-corrected chi connectivity index (χ4v) is 5.14. The summed E-state index contributed by atoms with van der Waals surface area (Å²) in [5.41, 5.74) is 3.32. The van der Waals surface area contributed by atoms with Crippen LogP contribution in [-0.2, 0) is 10.0 Å². The molecule has 1 aromatic heterocycles. The van der Waals surface area contributed by atoms with Crippen LogP contribution in [0, 0.1) is 13.8 Å². The van der Waals surface area contributed by atoms with E-state index in [0.29, 0.717) is 42.7 Å². The predicted octanol–water partition coefficient (Wildman–Crippen LogP) is 3.53. The van der Waals surface area contributed by atoms with Gasteiger partial charge in [-0.3, -0.25) is 19.3 Å². The lowest BCUT2D eigenvalue weighted by Crippen LogP contribution is -2.46. The van der Waals surface area contributed by atoms with Crippen LogP contribution < -0.4 is 10.0 Å². The minimum absolute atomic E-state index is 0.0181. The molecule has 4 rings (SSSR count). The zero-order valence-corrected chi connectivity index (χ0v) is 20.5. The quantitative estimate of drug-likeness (QED) is 0.547. The maximum absolute atomic E-state index is 12.9. The zero-order chi connectivity index (χ0) is 25.0. The number of piperidine rings is 1. The molecule has 8 nitrogen and oxygen atoms in total. The number of hydrogen-bond acceptors (Lipinski definition) is 5. The van der Waals surface area contributed by atoms with Crippen molar-refractivity contribution in [1.29, 1.82) is 0 Å². The monoisotopic (exact) mass is 492 g/mol. The van der Waals surface area contributed by atoms with Crippen molar-refractivity contribution in [2.45, 2.75) is 37.6 Å². The molecule has 0 radical (unpaired) electrons. The Morgan fingerprint density at radius 2 is 1.66 bits per heavy atom. The number of nitrogens with zero attached hydrogens (tertiary/aromatic N) is 2. The van der Waals surface area contributed by atoms with Gasteiger partial charge in [-0.2, -0.15) is 0 Å². The SMILES string of the molecule is Cc1cccc(NS(=O)(=O)c2ccc(C(=O)N3CCC(NC(=O)c4cccnc4)CC3)cc2)c1C. The molecule has 0 unspecified atom stereocenters. The molecule has 0 atom stereocenters. The van der Waals surface area contributed by atoms with Gasteiger partial charge in [0.25, 0.3) is 21.8 Å². The van der Waals surface area contributed by atoms with Crippen molar-refractivity contribution in [2.75, 3.05) is 17.8 Å². The molecule has 3 aromatic rings. The second-order valence-electron chi connectivity index (χ2n) is 8.66. The predicted molar refractivity (Wildman–Crippen MR) is 134 cm³/mol. The van der Waals surface area contributed by atoms with E-state index in [1.807, 2.05) is 19.9 Å². The van der Waals surface area contributed by atoms with E-state index in [1.165, 1.54) is 30.5 Å². The van der Waals surface area contributed by atoms with E-state index in [-0.39, 0.29) is 22.8 Å². The Morgan fingerprint density at radius 1 is 0.943 bits per heavy atom. The van der Waals surface area contributed by atoms with Crippen molar-refractivity contribution in [3.8, 4) is 0 Å². The molecule has 2 aromatic carbocycles. The smallest absolute Gasteiger partial charge is 0.261 e. The molecule has 9 heteroatoms. The number of aromatic nitrogens is 1. The maximum Gasteiger partial charge on any atom is 0.261 e. The second-order valence-corrected chi connectivity index (χ2v) is 10.3. The third-order valence-electron chi connectivity index (χ3n) is 6.30. The summed E-state index contributed by atoms with van der Waals surface area (Å²) in [7, 11) is -3.78. The third kappa shape index (κ3) is 5.68. The van der Waals surface area contributed by atoms with Crippen molar-refractivity contribution >= 4 is 27.5 Å². The molecule has 0 aliphatic carbocycles. The first kappa shape index (κ1) is 24.4. The van der Waals surface area contributed by atoms with Crippen molar-refractivity contribution in [3.05, 3.63) is 89.2 Å².